The zero-order valence-corrected chi connectivity index (χ0v) is 15.0. The number of rotatable bonds is 4. The third-order valence-electron chi connectivity index (χ3n) is 3.63. The molecule has 9 heteroatoms. The van der Waals surface area contributed by atoms with Crippen molar-refractivity contribution in [3.05, 3.63) is 72.4 Å². The first-order chi connectivity index (χ1) is 13.5. The Morgan fingerprint density at radius 2 is 1.86 bits per heavy atom. The first-order valence-electron chi connectivity index (χ1n) is 8.32. The Morgan fingerprint density at radius 1 is 1.14 bits per heavy atom. The molecule has 1 aromatic carbocycles. The lowest BCUT2D eigenvalue weighted by Gasteiger charge is -2.07. The molecule has 28 heavy (non-hydrogen) atoms. The molecule has 4 aromatic rings. The molecule has 0 atom stereocenters. The molecule has 0 aliphatic heterocycles. The first-order valence-corrected chi connectivity index (χ1v) is 8.32. The van der Waals surface area contributed by atoms with Gasteiger partial charge in [0, 0.05) is 31.1 Å². The minimum atomic E-state index is -0.833. The van der Waals surface area contributed by atoms with Crippen molar-refractivity contribution in [3.8, 4) is 22.9 Å². The quantitative estimate of drug-likeness (QED) is 0.563. The Bertz CT molecular complexity index is 1040. The van der Waals surface area contributed by atoms with Crippen molar-refractivity contribution in [3.63, 3.8) is 0 Å². The number of nitrogens with one attached hydrogen (secondary N) is 1. The van der Waals surface area contributed by atoms with E-state index >= 15 is 0 Å². The Morgan fingerprint density at radius 3 is 2.50 bits per heavy atom. The monoisotopic (exact) mass is 380 g/mol. The van der Waals surface area contributed by atoms with Gasteiger partial charge in [-0.05, 0) is 24.3 Å². The van der Waals surface area contributed by atoms with Crippen LogP contribution < -0.4 is 0 Å². The summed E-state index contributed by atoms with van der Waals surface area (Å²) in [6.45, 7) is 1.38. The fourth-order valence-electron chi connectivity index (χ4n) is 2.48. The van der Waals surface area contributed by atoms with Crippen molar-refractivity contribution in [2.45, 2.75) is 13.5 Å². The van der Waals surface area contributed by atoms with E-state index in [1.165, 1.54) is 6.07 Å². The average Bonchev–Trinajstić information content (AvgIpc) is 3.34. The van der Waals surface area contributed by atoms with E-state index in [0.717, 1.165) is 18.3 Å². The van der Waals surface area contributed by atoms with Gasteiger partial charge in [-0.1, -0.05) is 18.2 Å². The molecule has 0 fully saturated rings. The second kappa shape index (κ2) is 8.67. The van der Waals surface area contributed by atoms with Crippen LogP contribution in [0, 0.1) is 5.82 Å². The van der Waals surface area contributed by atoms with E-state index < -0.39 is 5.97 Å². The van der Waals surface area contributed by atoms with Crippen LogP contribution >= 0.6 is 0 Å². The highest BCUT2D eigenvalue weighted by atomic mass is 19.1. The number of H-pyrrole nitrogens is 1. The number of hydrogen-bond acceptors (Lipinski definition) is 5. The lowest BCUT2D eigenvalue weighted by molar-refractivity contribution is -0.134. The number of carboxylic acids is 1. The van der Waals surface area contributed by atoms with E-state index in [9.17, 15) is 4.39 Å². The van der Waals surface area contributed by atoms with Crippen molar-refractivity contribution < 1.29 is 14.3 Å². The number of benzene rings is 1. The highest BCUT2D eigenvalue weighted by Crippen LogP contribution is 2.24. The molecule has 0 saturated carbocycles. The largest absolute Gasteiger partial charge is 0.481 e. The van der Waals surface area contributed by atoms with Gasteiger partial charge in [-0.3, -0.25) is 14.6 Å². The minimum absolute atomic E-state index is 0.263. The van der Waals surface area contributed by atoms with Crippen LogP contribution in [0.25, 0.3) is 22.9 Å². The highest BCUT2D eigenvalue weighted by Gasteiger charge is 2.15. The lowest BCUT2D eigenvalue weighted by atomic mass is 10.2. The van der Waals surface area contributed by atoms with Crippen molar-refractivity contribution in [1.29, 1.82) is 0 Å². The van der Waals surface area contributed by atoms with Crippen LogP contribution in [0.5, 0.6) is 0 Å². The van der Waals surface area contributed by atoms with Crippen molar-refractivity contribution in [1.82, 2.24) is 29.9 Å². The molecule has 0 aliphatic carbocycles. The van der Waals surface area contributed by atoms with Crippen LogP contribution in [0.1, 0.15) is 12.5 Å². The smallest absolute Gasteiger partial charge is 0.300 e. The second-order valence-corrected chi connectivity index (χ2v) is 5.73. The van der Waals surface area contributed by atoms with E-state index in [2.05, 4.69) is 25.3 Å². The van der Waals surface area contributed by atoms with Crippen LogP contribution in [0.15, 0.2) is 61.1 Å². The minimum Gasteiger partial charge on any atom is -0.481 e. The van der Waals surface area contributed by atoms with Gasteiger partial charge in [-0.2, -0.15) is 10.2 Å². The molecule has 0 bridgehead atoms. The third-order valence-corrected chi connectivity index (χ3v) is 3.63. The summed E-state index contributed by atoms with van der Waals surface area (Å²) in [6.07, 6.45) is 4.98. The number of nitrogens with zero attached hydrogens (tertiary/aromatic N) is 5. The van der Waals surface area contributed by atoms with Gasteiger partial charge in [0.2, 0.25) is 0 Å². The maximum Gasteiger partial charge on any atom is 0.300 e. The molecule has 3 aromatic heterocycles. The number of hydrogen-bond donors (Lipinski definition) is 2. The van der Waals surface area contributed by atoms with Crippen LogP contribution in [0.2, 0.25) is 0 Å². The number of aromatic amines is 1. The van der Waals surface area contributed by atoms with Gasteiger partial charge in [-0.25, -0.2) is 14.4 Å². The normalized spacial score (nSPS) is 10.2. The molecule has 0 amide bonds. The molecule has 8 nitrogen and oxygen atoms in total. The Balaban J connectivity index is 0.000000516. The molecule has 0 radical (unpaired) electrons. The average molecular weight is 380 g/mol. The van der Waals surface area contributed by atoms with Crippen molar-refractivity contribution in [2.75, 3.05) is 0 Å². The van der Waals surface area contributed by atoms with Gasteiger partial charge >= 0.3 is 0 Å². The van der Waals surface area contributed by atoms with Gasteiger partial charge in [0.15, 0.2) is 5.82 Å². The summed E-state index contributed by atoms with van der Waals surface area (Å²) >= 11 is 0. The Hall–Kier alpha value is -3.88. The van der Waals surface area contributed by atoms with Gasteiger partial charge in [0.25, 0.3) is 5.97 Å². The fraction of sp³-hybridized carbons (Fsp3) is 0.105. The zero-order valence-electron chi connectivity index (χ0n) is 15.0. The summed E-state index contributed by atoms with van der Waals surface area (Å²) in [6, 6.07) is 12.1. The zero-order chi connectivity index (χ0) is 19.9. The van der Waals surface area contributed by atoms with E-state index in [4.69, 9.17) is 9.90 Å². The third kappa shape index (κ3) is 4.64. The Labute approximate surface area is 159 Å². The lowest BCUT2D eigenvalue weighted by Crippen LogP contribution is -2.06. The molecular weight excluding hydrogens is 363 g/mol. The maximum atomic E-state index is 14.0. The highest BCUT2D eigenvalue weighted by molar-refractivity contribution is 5.63. The summed E-state index contributed by atoms with van der Waals surface area (Å²) in [4.78, 5) is 17.4. The summed E-state index contributed by atoms with van der Waals surface area (Å²) in [5.41, 5.74) is 2.76. The molecule has 0 spiro atoms. The summed E-state index contributed by atoms with van der Waals surface area (Å²) < 4.78 is 15.7. The molecule has 0 saturated heterocycles. The van der Waals surface area contributed by atoms with E-state index in [1.54, 1.807) is 47.5 Å². The number of carbonyl (C=O) groups is 1. The van der Waals surface area contributed by atoms with E-state index in [-0.39, 0.29) is 5.82 Å². The topological polar surface area (TPSA) is 110 Å². The predicted octanol–water partition coefficient (Wildman–Crippen LogP) is 3.01. The standard InChI is InChI=1S/C17H13FN6.C2H4O2/c18-13-5-2-1-4-12(13)11-24-16(14-6-9-21-22-14)10-15(23-24)17-19-7-3-8-20-17;1-2(3)4/h1-10H,11H2,(H,21,22);1H3,(H,3,4). The van der Waals surface area contributed by atoms with Crippen LogP contribution in [0.3, 0.4) is 0 Å². The fourth-order valence-corrected chi connectivity index (χ4v) is 2.48. The molecular formula is C19H17FN6O2. The number of halogens is 1. The summed E-state index contributed by atoms with van der Waals surface area (Å²) in [5, 5.41) is 18.9. The van der Waals surface area contributed by atoms with Gasteiger partial charge < -0.3 is 5.11 Å². The van der Waals surface area contributed by atoms with Crippen LogP contribution in [-0.4, -0.2) is 41.0 Å². The number of carboxylic acid groups (broad SMARTS) is 1. The van der Waals surface area contributed by atoms with E-state index in [0.29, 0.717) is 23.6 Å². The molecule has 142 valence electrons. The van der Waals surface area contributed by atoms with Crippen LogP contribution in [-0.2, 0) is 11.3 Å². The molecule has 2 N–H and O–H groups in total. The maximum absolute atomic E-state index is 14.0. The molecule has 3 heterocycles. The van der Waals surface area contributed by atoms with Gasteiger partial charge in [0.1, 0.15) is 11.5 Å². The van der Waals surface area contributed by atoms with Gasteiger partial charge in [-0.15, -0.1) is 0 Å². The van der Waals surface area contributed by atoms with Gasteiger partial charge in [0.05, 0.1) is 17.9 Å². The van der Waals surface area contributed by atoms with Crippen molar-refractivity contribution >= 4 is 5.97 Å². The van der Waals surface area contributed by atoms with Crippen LogP contribution in [0.4, 0.5) is 4.39 Å². The SMILES string of the molecule is CC(=O)O.Fc1ccccc1Cn1nc(-c2ncccn2)cc1-c1ccn[nH]1. The first kappa shape index (κ1) is 18.9. The number of aliphatic carboxylic acids is 1. The molecule has 4 rings (SSSR count). The second-order valence-electron chi connectivity index (χ2n) is 5.73. The van der Waals surface area contributed by atoms with Crippen molar-refractivity contribution in [2.24, 2.45) is 0 Å². The Kier molecular flexibility index (Phi) is 5.85. The molecule has 0 aliphatic rings. The molecule has 0 unspecified atom stereocenters. The predicted molar refractivity (Wildman–Crippen MR) is 99.6 cm³/mol. The van der Waals surface area contributed by atoms with E-state index in [1.807, 2.05) is 12.1 Å². The summed E-state index contributed by atoms with van der Waals surface area (Å²) in [5.74, 6) is -0.577. The number of aromatic nitrogens is 6. The summed E-state index contributed by atoms with van der Waals surface area (Å²) in [7, 11) is 0.